The van der Waals surface area contributed by atoms with Crippen LogP contribution in [0.5, 0.6) is 0 Å². The van der Waals surface area contributed by atoms with Crippen LogP contribution in [-0.4, -0.2) is 18.9 Å². The first kappa shape index (κ1) is 15.7. The number of anilines is 1. The lowest BCUT2D eigenvalue weighted by Gasteiger charge is -2.37. The van der Waals surface area contributed by atoms with Gasteiger partial charge in [-0.1, -0.05) is 6.07 Å². The molecule has 0 radical (unpaired) electrons. The minimum absolute atomic E-state index is 0.257. The first-order chi connectivity index (χ1) is 13.3. The van der Waals surface area contributed by atoms with Crippen LogP contribution in [0.4, 0.5) is 5.69 Å². The lowest BCUT2D eigenvalue weighted by Crippen LogP contribution is -2.34. The largest absolute Gasteiger partial charge is 0.371 e. The van der Waals surface area contributed by atoms with Crippen LogP contribution in [0.3, 0.4) is 0 Å². The van der Waals surface area contributed by atoms with E-state index in [1.54, 1.807) is 0 Å². The molecule has 0 spiro atoms. The number of hydrogen-bond acceptors (Lipinski definition) is 2. The van der Waals surface area contributed by atoms with Crippen molar-refractivity contribution in [2.45, 2.75) is 51.4 Å². The summed E-state index contributed by atoms with van der Waals surface area (Å²) in [5.74, 6) is 0.257. The average molecular weight is 355 g/mol. The van der Waals surface area contributed by atoms with Gasteiger partial charge in [0.25, 0.3) is 0 Å². The summed E-state index contributed by atoms with van der Waals surface area (Å²) in [6, 6.07) is 9.19. The van der Waals surface area contributed by atoms with Crippen molar-refractivity contribution in [2.24, 2.45) is 0 Å². The first-order valence-electron chi connectivity index (χ1n) is 10.6. The predicted octanol–water partition coefficient (Wildman–Crippen LogP) is 4.70. The van der Waals surface area contributed by atoms with E-state index in [9.17, 15) is 4.79 Å². The number of allylic oxidation sites excluding steroid dienone is 1. The lowest BCUT2D eigenvalue weighted by molar-refractivity contribution is 0.104. The molecule has 2 aliphatic carbocycles. The molecule has 2 aromatic carbocycles. The van der Waals surface area contributed by atoms with E-state index >= 15 is 0 Å². The standard InChI is InChI=1S/C25H25NO/c27-25-22(14-21-13-17-4-1-5-18(17)15-23(21)25)12-16-10-19-6-2-8-26-9-3-7-20(11-16)24(19)26/h10-13,15H,1-9,14H2/b22-12+. The van der Waals surface area contributed by atoms with Crippen LogP contribution in [0.25, 0.3) is 6.08 Å². The van der Waals surface area contributed by atoms with Gasteiger partial charge in [-0.3, -0.25) is 4.79 Å². The minimum Gasteiger partial charge on any atom is -0.371 e. The molecule has 0 unspecified atom stereocenters. The second-order valence-electron chi connectivity index (χ2n) is 8.69. The second-order valence-corrected chi connectivity index (χ2v) is 8.69. The maximum Gasteiger partial charge on any atom is 0.189 e. The Morgan fingerprint density at radius 1 is 0.741 bits per heavy atom. The smallest absolute Gasteiger partial charge is 0.189 e. The maximum absolute atomic E-state index is 13.0. The fraction of sp³-hybridized carbons (Fsp3) is 0.400. The molecular weight excluding hydrogens is 330 g/mol. The van der Waals surface area contributed by atoms with Gasteiger partial charge in [0, 0.05) is 36.3 Å². The van der Waals surface area contributed by atoms with Crippen LogP contribution in [0.15, 0.2) is 29.8 Å². The second kappa shape index (κ2) is 5.82. The molecule has 4 aliphatic rings. The van der Waals surface area contributed by atoms with Gasteiger partial charge in [0.2, 0.25) is 0 Å². The molecule has 2 aliphatic heterocycles. The number of carbonyl (C=O) groups excluding carboxylic acids is 1. The summed E-state index contributed by atoms with van der Waals surface area (Å²) in [6.45, 7) is 2.41. The van der Waals surface area contributed by atoms with E-state index < -0.39 is 0 Å². The lowest BCUT2D eigenvalue weighted by atomic mass is 9.89. The van der Waals surface area contributed by atoms with Gasteiger partial charge in [0.05, 0.1) is 0 Å². The van der Waals surface area contributed by atoms with Gasteiger partial charge < -0.3 is 4.90 Å². The predicted molar refractivity (Wildman–Crippen MR) is 110 cm³/mol. The van der Waals surface area contributed by atoms with Crippen LogP contribution in [0.1, 0.15) is 63.0 Å². The fourth-order valence-electron chi connectivity index (χ4n) is 5.72. The monoisotopic (exact) mass is 355 g/mol. The van der Waals surface area contributed by atoms with E-state index in [1.807, 2.05) is 0 Å². The summed E-state index contributed by atoms with van der Waals surface area (Å²) < 4.78 is 0. The molecule has 0 saturated carbocycles. The number of ketones is 1. The fourth-order valence-corrected chi connectivity index (χ4v) is 5.72. The van der Waals surface area contributed by atoms with Gasteiger partial charge in [-0.2, -0.15) is 0 Å². The van der Waals surface area contributed by atoms with Crippen LogP contribution < -0.4 is 4.90 Å². The summed E-state index contributed by atoms with van der Waals surface area (Å²) in [4.78, 5) is 15.6. The Morgan fingerprint density at radius 3 is 2.15 bits per heavy atom. The highest BCUT2D eigenvalue weighted by molar-refractivity contribution is 6.15. The SMILES string of the molecule is O=C1/C(=C/c2cc3c4c(c2)CCCN4CCC3)Cc2cc3c(cc21)CCC3. The Morgan fingerprint density at radius 2 is 1.41 bits per heavy atom. The van der Waals surface area contributed by atoms with Crippen LogP contribution in [0.2, 0.25) is 0 Å². The Labute approximate surface area is 160 Å². The molecule has 0 aromatic heterocycles. The zero-order valence-corrected chi connectivity index (χ0v) is 15.8. The number of benzene rings is 2. The van der Waals surface area contributed by atoms with Crippen molar-refractivity contribution in [1.82, 2.24) is 0 Å². The van der Waals surface area contributed by atoms with Crippen molar-refractivity contribution in [1.29, 1.82) is 0 Å². The number of rotatable bonds is 1. The zero-order valence-electron chi connectivity index (χ0n) is 15.8. The molecule has 0 saturated heterocycles. The normalized spacial score (nSPS) is 21.4. The molecule has 6 rings (SSSR count). The number of carbonyl (C=O) groups is 1. The molecule has 2 nitrogen and oxygen atoms in total. The molecule has 0 atom stereocenters. The number of fused-ring (bicyclic) bond motifs is 2. The third kappa shape index (κ3) is 2.42. The molecule has 0 N–H and O–H groups in total. The highest BCUT2D eigenvalue weighted by Gasteiger charge is 2.28. The molecule has 0 amide bonds. The van der Waals surface area contributed by atoms with Crippen molar-refractivity contribution in [2.75, 3.05) is 18.0 Å². The summed E-state index contributed by atoms with van der Waals surface area (Å²) in [5.41, 5.74) is 11.8. The van der Waals surface area contributed by atoms with Gasteiger partial charge in [0.1, 0.15) is 0 Å². The number of hydrogen-bond donors (Lipinski definition) is 0. The molecule has 136 valence electrons. The summed E-state index contributed by atoms with van der Waals surface area (Å²) in [6.07, 6.45) is 11.4. The molecule has 2 aromatic rings. The van der Waals surface area contributed by atoms with E-state index in [-0.39, 0.29) is 5.78 Å². The van der Waals surface area contributed by atoms with Crippen LogP contribution >= 0.6 is 0 Å². The molecule has 2 heteroatoms. The Hall–Kier alpha value is -2.35. The van der Waals surface area contributed by atoms with E-state index in [0.717, 1.165) is 24.0 Å². The topological polar surface area (TPSA) is 20.3 Å². The molecule has 0 fully saturated rings. The molecular formula is C25H25NO. The Balaban J connectivity index is 1.39. The Kier molecular flexibility index (Phi) is 3.38. The van der Waals surface area contributed by atoms with Gasteiger partial charge in [-0.05, 0) is 103 Å². The van der Waals surface area contributed by atoms with Crippen molar-refractivity contribution in [3.8, 4) is 0 Å². The van der Waals surface area contributed by atoms with Gasteiger partial charge in [0.15, 0.2) is 5.78 Å². The van der Waals surface area contributed by atoms with Crippen LogP contribution in [0, 0.1) is 0 Å². The molecule has 27 heavy (non-hydrogen) atoms. The average Bonchev–Trinajstić information content (AvgIpc) is 3.25. The first-order valence-corrected chi connectivity index (χ1v) is 10.6. The third-order valence-electron chi connectivity index (χ3n) is 6.93. The van der Waals surface area contributed by atoms with E-state index in [2.05, 4.69) is 35.2 Å². The van der Waals surface area contributed by atoms with Crippen molar-refractivity contribution < 1.29 is 4.79 Å². The van der Waals surface area contributed by atoms with Crippen molar-refractivity contribution >= 4 is 17.5 Å². The third-order valence-corrected chi connectivity index (χ3v) is 6.93. The number of aryl methyl sites for hydroxylation is 4. The summed E-state index contributed by atoms with van der Waals surface area (Å²) in [5, 5.41) is 0. The van der Waals surface area contributed by atoms with E-state index in [4.69, 9.17) is 0 Å². The molecule has 0 bridgehead atoms. The zero-order chi connectivity index (χ0) is 18.0. The van der Waals surface area contributed by atoms with Crippen molar-refractivity contribution in [3.05, 3.63) is 68.8 Å². The van der Waals surface area contributed by atoms with Gasteiger partial charge in [-0.25, -0.2) is 0 Å². The highest BCUT2D eigenvalue weighted by atomic mass is 16.1. The van der Waals surface area contributed by atoms with Crippen LogP contribution in [-0.2, 0) is 32.1 Å². The quantitative estimate of drug-likeness (QED) is 0.691. The number of Topliss-reactive ketones (excluding diaryl/α,β-unsaturated/α-hetero) is 1. The van der Waals surface area contributed by atoms with Crippen molar-refractivity contribution in [3.63, 3.8) is 0 Å². The van der Waals surface area contributed by atoms with Gasteiger partial charge >= 0.3 is 0 Å². The van der Waals surface area contributed by atoms with E-state index in [0.29, 0.717) is 0 Å². The minimum atomic E-state index is 0.257. The summed E-state index contributed by atoms with van der Waals surface area (Å²) >= 11 is 0. The molecule has 2 heterocycles. The van der Waals surface area contributed by atoms with Gasteiger partial charge in [-0.15, -0.1) is 0 Å². The maximum atomic E-state index is 13.0. The van der Waals surface area contributed by atoms with E-state index in [1.165, 1.54) is 90.7 Å². The Bertz CT molecular complexity index is 982. The number of nitrogens with zero attached hydrogens (tertiary/aromatic N) is 1. The summed E-state index contributed by atoms with van der Waals surface area (Å²) in [7, 11) is 0. The highest BCUT2D eigenvalue weighted by Crippen LogP contribution is 2.38.